The van der Waals surface area contributed by atoms with Gasteiger partial charge in [-0.15, -0.1) is 0 Å². The first-order chi connectivity index (χ1) is 13.1. The number of nitrogens with one attached hydrogen (secondary N) is 2. The molecule has 1 unspecified atom stereocenters. The Labute approximate surface area is 158 Å². The highest BCUT2D eigenvalue weighted by atomic mass is 16.5. The van der Waals surface area contributed by atoms with Gasteiger partial charge in [0.1, 0.15) is 12.4 Å². The zero-order valence-corrected chi connectivity index (χ0v) is 15.7. The summed E-state index contributed by atoms with van der Waals surface area (Å²) in [6, 6.07) is 7.40. The van der Waals surface area contributed by atoms with Crippen LogP contribution in [0, 0.1) is 12.8 Å². The molecule has 0 aliphatic heterocycles. The van der Waals surface area contributed by atoms with E-state index in [0.29, 0.717) is 56.2 Å². The number of para-hydroxylation sites is 2. The normalized spacial score (nSPS) is 16.1. The van der Waals surface area contributed by atoms with Gasteiger partial charge < -0.3 is 19.8 Å². The molecular weight excluding hydrogens is 346 g/mol. The highest BCUT2D eigenvalue weighted by molar-refractivity contribution is 5.78. The van der Waals surface area contributed by atoms with E-state index < -0.39 is 0 Å². The van der Waals surface area contributed by atoms with E-state index in [0.717, 1.165) is 11.3 Å². The number of aryl methyl sites for hydroxylation is 2. The first-order valence-corrected chi connectivity index (χ1v) is 9.20. The number of benzene rings is 1. The second-order valence-corrected chi connectivity index (χ2v) is 6.64. The van der Waals surface area contributed by atoms with Crippen molar-refractivity contribution in [2.45, 2.75) is 32.6 Å². The average Bonchev–Trinajstić information content (AvgIpc) is 2.88. The van der Waals surface area contributed by atoms with E-state index in [2.05, 4.69) is 15.3 Å². The van der Waals surface area contributed by atoms with Crippen molar-refractivity contribution in [2.24, 2.45) is 5.92 Å². The van der Waals surface area contributed by atoms with E-state index in [9.17, 15) is 9.59 Å². The molecule has 27 heavy (non-hydrogen) atoms. The minimum atomic E-state index is -0.120. The fourth-order valence-corrected chi connectivity index (χ4v) is 3.39. The number of methoxy groups -OCH3 is 1. The first-order valence-electron chi connectivity index (χ1n) is 9.20. The summed E-state index contributed by atoms with van der Waals surface area (Å²) in [5.74, 6) is 1.82. The number of carbonyl (C=O) groups is 1. The number of aromatic amines is 1. The van der Waals surface area contributed by atoms with Crippen LogP contribution in [0.3, 0.4) is 0 Å². The molecule has 0 radical (unpaired) electrons. The van der Waals surface area contributed by atoms with Gasteiger partial charge in [-0.05, 0) is 44.7 Å². The van der Waals surface area contributed by atoms with E-state index in [1.54, 1.807) is 14.0 Å². The minimum Gasteiger partial charge on any atom is -0.493 e. The lowest BCUT2D eigenvalue weighted by atomic mass is 9.99. The van der Waals surface area contributed by atoms with Crippen LogP contribution in [0.1, 0.15) is 29.9 Å². The Balaban J connectivity index is 1.49. The Hall–Kier alpha value is -2.83. The average molecular weight is 371 g/mol. The van der Waals surface area contributed by atoms with Crippen molar-refractivity contribution >= 4 is 5.91 Å². The summed E-state index contributed by atoms with van der Waals surface area (Å²) in [6.07, 6.45) is 2.58. The van der Waals surface area contributed by atoms with Crippen LogP contribution in [-0.2, 0) is 17.6 Å². The molecular formula is C20H25N3O4. The maximum absolute atomic E-state index is 12.5. The van der Waals surface area contributed by atoms with Gasteiger partial charge >= 0.3 is 0 Å². The van der Waals surface area contributed by atoms with E-state index in [1.165, 1.54) is 0 Å². The molecule has 1 aliphatic rings. The molecule has 144 valence electrons. The van der Waals surface area contributed by atoms with Gasteiger partial charge in [0.15, 0.2) is 11.5 Å². The highest BCUT2D eigenvalue weighted by Gasteiger charge is 2.24. The summed E-state index contributed by atoms with van der Waals surface area (Å²) in [4.78, 5) is 31.8. The van der Waals surface area contributed by atoms with Crippen LogP contribution >= 0.6 is 0 Å². The molecule has 0 saturated carbocycles. The number of rotatable bonds is 6. The third-order valence-electron chi connectivity index (χ3n) is 4.79. The molecule has 1 heterocycles. The lowest BCUT2D eigenvalue weighted by molar-refractivity contribution is -0.125. The molecule has 1 aromatic heterocycles. The van der Waals surface area contributed by atoms with Crippen LogP contribution in [0.4, 0.5) is 0 Å². The number of carbonyl (C=O) groups excluding carboxylic acids is 1. The summed E-state index contributed by atoms with van der Waals surface area (Å²) in [7, 11) is 1.59. The Morgan fingerprint density at radius 1 is 1.26 bits per heavy atom. The van der Waals surface area contributed by atoms with Crippen molar-refractivity contribution in [1.82, 2.24) is 15.3 Å². The van der Waals surface area contributed by atoms with Gasteiger partial charge in [0.2, 0.25) is 5.91 Å². The van der Waals surface area contributed by atoms with E-state index in [4.69, 9.17) is 9.47 Å². The summed E-state index contributed by atoms with van der Waals surface area (Å²) in [5.41, 5.74) is 1.46. The molecule has 2 N–H and O–H groups in total. The van der Waals surface area contributed by atoms with Gasteiger partial charge in [0.25, 0.3) is 5.56 Å². The Morgan fingerprint density at radius 2 is 2.00 bits per heavy atom. The Kier molecular flexibility index (Phi) is 6.11. The van der Waals surface area contributed by atoms with Gasteiger partial charge in [0, 0.05) is 11.5 Å². The van der Waals surface area contributed by atoms with Crippen molar-refractivity contribution in [3.8, 4) is 11.5 Å². The summed E-state index contributed by atoms with van der Waals surface area (Å²) < 4.78 is 10.9. The molecule has 1 aliphatic carbocycles. The zero-order chi connectivity index (χ0) is 19.2. The molecule has 0 bridgehead atoms. The number of H-pyrrole nitrogens is 1. The van der Waals surface area contributed by atoms with Gasteiger partial charge in [-0.1, -0.05) is 12.1 Å². The SMILES string of the molecule is COc1ccccc1OCCNC(=O)C1CCc2nc(C)[nH]c(=O)c2CC1. The second kappa shape index (κ2) is 8.70. The fourth-order valence-electron chi connectivity index (χ4n) is 3.39. The van der Waals surface area contributed by atoms with Crippen LogP contribution in [0.15, 0.2) is 29.1 Å². The van der Waals surface area contributed by atoms with Crippen LogP contribution in [-0.4, -0.2) is 36.1 Å². The Morgan fingerprint density at radius 3 is 2.78 bits per heavy atom. The standard InChI is InChI=1S/C20H25N3O4/c1-13-22-16-10-8-14(7-9-15(16)20(25)23-13)19(24)21-11-12-27-18-6-4-3-5-17(18)26-2/h3-6,14H,7-12H2,1-2H3,(H,21,24)(H,22,23,25). The zero-order valence-electron chi connectivity index (χ0n) is 15.7. The molecule has 7 nitrogen and oxygen atoms in total. The first kappa shape index (κ1) is 18.9. The number of amides is 1. The lowest BCUT2D eigenvalue weighted by Crippen LogP contribution is -2.34. The van der Waals surface area contributed by atoms with Crippen LogP contribution in [0.2, 0.25) is 0 Å². The van der Waals surface area contributed by atoms with Crippen molar-refractivity contribution in [1.29, 1.82) is 0 Å². The molecule has 2 aromatic rings. The maximum Gasteiger partial charge on any atom is 0.254 e. The molecule has 0 saturated heterocycles. The van der Waals surface area contributed by atoms with Crippen LogP contribution < -0.4 is 20.3 Å². The predicted molar refractivity (Wildman–Crippen MR) is 101 cm³/mol. The smallest absolute Gasteiger partial charge is 0.254 e. The van der Waals surface area contributed by atoms with Crippen molar-refractivity contribution in [3.63, 3.8) is 0 Å². The van der Waals surface area contributed by atoms with E-state index in [-0.39, 0.29) is 17.4 Å². The van der Waals surface area contributed by atoms with E-state index >= 15 is 0 Å². The quantitative estimate of drug-likeness (QED) is 0.596. The van der Waals surface area contributed by atoms with Gasteiger partial charge in [0.05, 0.1) is 19.3 Å². The molecule has 0 fully saturated rings. The largest absolute Gasteiger partial charge is 0.493 e. The lowest BCUT2D eigenvalue weighted by Gasteiger charge is -2.15. The summed E-state index contributed by atoms with van der Waals surface area (Å²) in [6.45, 7) is 2.55. The number of aromatic nitrogens is 2. The molecule has 7 heteroatoms. The number of hydrogen-bond donors (Lipinski definition) is 2. The number of nitrogens with zero attached hydrogens (tertiary/aromatic N) is 1. The third kappa shape index (κ3) is 4.67. The molecule has 1 atom stereocenters. The summed E-state index contributed by atoms with van der Waals surface area (Å²) >= 11 is 0. The number of ether oxygens (including phenoxy) is 2. The third-order valence-corrected chi connectivity index (χ3v) is 4.79. The minimum absolute atomic E-state index is 0.000386. The maximum atomic E-state index is 12.5. The van der Waals surface area contributed by atoms with Gasteiger partial charge in [-0.25, -0.2) is 4.98 Å². The molecule has 1 amide bonds. The van der Waals surface area contributed by atoms with E-state index in [1.807, 2.05) is 24.3 Å². The monoisotopic (exact) mass is 371 g/mol. The van der Waals surface area contributed by atoms with Gasteiger partial charge in [-0.3, -0.25) is 9.59 Å². The van der Waals surface area contributed by atoms with Gasteiger partial charge in [-0.2, -0.15) is 0 Å². The van der Waals surface area contributed by atoms with Crippen LogP contribution in [0.25, 0.3) is 0 Å². The highest BCUT2D eigenvalue weighted by Crippen LogP contribution is 2.25. The molecule has 3 rings (SSSR count). The topological polar surface area (TPSA) is 93.3 Å². The van der Waals surface area contributed by atoms with Crippen molar-refractivity contribution in [3.05, 3.63) is 51.7 Å². The summed E-state index contributed by atoms with van der Waals surface area (Å²) in [5, 5.41) is 2.93. The predicted octanol–water partition coefficient (Wildman–Crippen LogP) is 1.78. The Bertz CT molecular complexity index is 863. The second-order valence-electron chi connectivity index (χ2n) is 6.64. The van der Waals surface area contributed by atoms with Crippen LogP contribution in [0.5, 0.6) is 11.5 Å². The molecule has 0 spiro atoms. The van der Waals surface area contributed by atoms with Crippen molar-refractivity contribution in [2.75, 3.05) is 20.3 Å². The molecule has 1 aromatic carbocycles. The number of fused-ring (bicyclic) bond motifs is 1. The number of hydrogen-bond acceptors (Lipinski definition) is 5. The fraction of sp³-hybridized carbons (Fsp3) is 0.450. The van der Waals surface area contributed by atoms with Crippen molar-refractivity contribution < 1.29 is 14.3 Å².